The van der Waals surface area contributed by atoms with E-state index in [1.165, 1.54) is 11.3 Å². The SMILES string of the molecule is FC(F)(F)CCNCc1cc(Br)c(Cl)s1. The molecule has 1 aromatic rings. The molecule has 0 fully saturated rings. The van der Waals surface area contributed by atoms with Crippen LogP contribution in [0.4, 0.5) is 13.2 Å². The summed E-state index contributed by atoms with van der Waals surface area (Å²) in [5, 5.41) is 2.71. The summed E-state index contributed by atoms with van der Waals surface area (Å²) >= 11 is 10.4. The monoisotopic (exact) mass is 321 g/mol. The fraction of sp³-hybridized carbons (Fsp3) is 0.500. The Kier molecular flexibility index (Phi) is 4.89. The molecular formula is C8H8BrClF3NS. The number of alkyl halides is 3. The number of nitrogens with one attached hydrogen (secondary N) is 1. The summed E-state index contributed by atoms with van der Waals surface area (Å²) in [6, 6.07) is 1.80. The Morgan fingerprint density at radius 2 is 2.13 bits per heavy atom. The summed E-state index contributed by atoms with van der Waals surface area (Å²) in [5.41, 5.74) is 0. The first kappa shape index (κ1) is 13.3. The summed E-state index contributed by atoms with van der Waals surface area (Å²) in [6.07, 6.45) is -4.91. The van der Waals surface area contributed by atoms with Crippen LogP contribution in [0.3, 0.4) is 0 Å². The maximum absolute atomic E-state index is 11.8. The largest absolute Gasteiger partial charge is 0.390 e. The second-order valence-corrected chi connectivity index (χ2v) is 5.47. The molecule has 1 rings (SSSR count). The van der Waals surface area contributed by atoms with Gasteiger partial charge in [-0.2, -0.15) is 13.2 Å². The zero-order valence-corrected chi connectivity index (χ0v) is 10.7. The maximum atomic E-state index is 11.8. The fourth-order valence-electron chi connectivity index (χ4n) is 0.920. The summed E-state index contributed by atoms with van der Waals surface area (Å²) in [7, 11) is 0. The summed E-state index contributed by atoms with van der Waals surface area (Å²) < 4.78 is 36.7. The molecule has 1 aromatic heterocycles. The van der Waals surface area contributed by atoms with Crippen molar-refractivity contribution in [3.63, 3.8) is 0 Å². The minimum absolute atomic E-state index is 0.0728. The van der Waals surface area contributed by atoms with E-state index in [0.29, 0.717) is 10.9 Å². The predicted molar refractivity (Wildman–Crippen MR) is 59.4 cm³/mol. The van der Waals surface area contributed by atoms with Crippen molar-refractivity contribution in [2.75, 3.05) is 6.54 Å². The second kappa shape index (κ2) is 5.52. The molecule has 0 radical (unpaired) electrons. The van der Waals surface area contributed by atoms with Gasteiger partial charge in [-0.3, -0.25) is 0 Å². The van der Waals surface area contributed by atoms with Crippen molar-refractivity contribution in [1.82, 2.24) is 5.32 Å². The van der Waals surface area contributed by atoms with Crippen molar-refractivity contribution in [2.45, 2.75) is 19.1 Å². The fourth-order valence-corrected chi connectivity index (χ4v) is 2.68. The van der Waals surface area contributed by atoms with Crippen LogP contribution in [-0.4, -0.2) is 12.7 Å². The molecule has 1 heterocycles. The lowest BCUT2D eigenvalue weighted by molar-refractivity contribution is -0.133. The number of hydrogen-bond acceptors (Lipinski definition) is 2. The van der Waals surface area contributed by atoms with E-state index in [2.05, 4.69) is 21.2 Å². The van der Waals surface area contributed by atoms with E-state index in [-0.39, 0.29) is 6.54 Å². The molecule has 0 atom stereocenters. The molecule has 1 N–H and O–H groups in total. The van der Waals surface area contributed by atoms with Gasteiger partial charge in [-0.05, 0) is 22.0 Å². The maximum Gasteiger partial charge on any atom is 0.390 e. The molecule has 1 nitrogen and oxygen atoms in total. The zero-order chi connectivity index (χ0) is 11.5. The lowest BCUT2D eigenvalue weighted by Gasteiger charge is -2.06. The van der Waals surface area contributed by atoms with Gasteiger partial charge in [0.15, 0.2) is 0 Å². The zero-order valence-electron chi connectivity index (χ0n) is 7.50. The van der Waals surface area contributed by atoms with Crippen molar-refractivity contribution >= 4 is 38.9 Å². The average Bonchev–Trinajstić information content (AvgIpc) is 2.39. The Bertz CT molecular complexity index is 307. The Balaban J connectivity index is 2.26. The van der Waals surface area contributed by atoms with Crippen molar-refractivity contribution in [3.05, 3.63) is 19.8 Å². The van der Waals surface area contributed by atoms with E-state index in [1.807, 2.05) is 0 Å². The highest BCUT2D eigenvalue weighted by atomic mass is 79.9. The highest BCUT2D eigenvalue weighted by molar-refractivity contribution is 9.10. The summed E-state index contributed by atoms with van der Waals surface area (Å²) in [6.45, 7) is 0.336. The van der Waals surface area contributed by atoms with E-state index in [9.17, 15) is 13.2 Å². The van der Waals surface area contributed by atoms with Gasteiger partial charge in [0.25, 0.3) is 0 Å². The molecule has 0 unspecified atom stereocenters. The van der Waals surface area contributed by atoms with Gasteiger partial charge in [-0.25, -0.2) is 0 Å². The highest BCUT2D eigenvalue weighted by Crippen LogP contribution is 2.31. The molecule has 0 saturated heterocycles. The molecular weight excluding hydrogens is 315 g/mol. The van der Waals surface area contributed by atoms with Crippen LogP contribution in [0, 0.1) is 0 Å². The Morgan fingerprint density at radius 1 is 1.47 bits per heavy atom. The first-order valence-corrected chi connectivity index (χ1v) is 6.08. The number of hydrogen-bond donors (Lipinski definition) is 1. The molecule has 0 aliphatic heterocycles. The number of halogens is 5. The van der Waals surface area contributed by atoms with Crippen LogP contribution in [0.5, 0.6) is 0 Å². The van der Waals surface area contributed by atoms with Crippen LogP contribution < -0.4 is 5.32 Å². The van der Waals surface area contributed by atoms with Gasteiger partial charge in [-0.1, -0.05) is 11.6 Å². The normalized spacial score (nSPS) is 12.1. The molecule has 0 bridgehead atoms. The Hall–Kier alpha value is 0.220. The van der Waals surface area contributed by atoms with Crippen molar-refractivity contribution < 1.29 is 13.2 Å². The molecule has 0 aliphatic carbocycles. The van der Waals surface area contributed by atoms with E-state index in [1.54, 1.807) is 6.07 Å². The van der Waals surface area contributed by atoms with E-state index >= 15 is 0 Å². The van der Waals surface area contributed by atoms with Crippen molar-refractivity contribution in [2.24, 2.45) is 0 Å². The molecule has 0 amide bonds. The van der Waals surface area contributed by atoms with Gasteiger partial charge in [0, 0.05) is 22.4 Å². The smallest absolute Gasteiger partial charge is 0.312 e. The minimum atomic E-state index is -4.10. The van der Waals surface area contributed by atoms with Crippen LogP contribution in [0.15, 0.2) is 10.5 Å². The summed E-state index contributed by atoms with van der Waals surface area (Å²) in [5.74, 6) is 0. The van der Waals surface area contributed by atoms with Crippen LogP contribution in [0.2, 0.25) is 4.34 Å². The van der Waals surface area contributed by atoms with Gasteiger partial charge in [-0.15, -0.1) is 11.3 Å². The minimum Gasteiger partial charge on any atom is -0.312 e. The van der Waals surface area contributed by atoms with Crippen LogP contribution in [0.25, 0.3) is 0 Å². The van der Waals surface area contributed by atoms with Crippen LogP contribution >= 0.6 is 38.9 Å². The molecule has 0 saturated carbocycles. The van der Waals surface area contributed by atoms with Crippen molar-refractivity contribution in [1.29, 1.82) is 0 Å². The highest BCUT2D eigenvalue weighted by Gasteiger charge is 2.25. The third-order valence-electron chi connectivity index (χ3n) is 1.58. The van der Waals surface area contributed by atoms with E-state index in [4.69, 9.17) is 11.6 Å². The number of rotatable bonds is 4. The van der Waals surface area contributed by atoms with Gasteiger partial charge >= 0.3 is 6.18 Å². The molecule has 15 heavy (non-hydrogen) atoms. The second-order valence-electron chi connectivity index (χ2n) is 2.88. The van der Waals surface area contributed by atoms with Gasteiger partial charge < -0.3 is 5.32 Å². The predicted octanol–water partition coefficient (Wildman–Crippen LogP) is 4.21. The quantitative estimate of drug-likeness (QED) is 0.819. The van der Waals surface area contributed by atoms with E-state index < -0.39 is 12.6 Å². The van der Waals surface area contributed by atoms with Gasteiger partial charge in [0.1, 0.15) is 4.34 Å². The molecule has 7 heteroatoms. The Labute approximate surface area is 103 Å². The van der Waals surface area contributed by atoms with Gasteiger partial charge in [0.2, 0.25) is 0 Å². The third-order valence-corrected chi connectivity index (χ3v) is 4.06. The third kappa shape index (κ3) is 5.19. The number of thiophene rings is 1. The Morgan fingerprint density at radius 3 is 2.60 bits per heavy atom. The lowest BCUT2D eigenvalue weighted by Crippen LogP contribution is -2.20. The standard InChI is InChI=1S/C8H8BrClF3NS/c9-6-3-5(15-7(6)10)4-14-2-1-8(11,12)13/h3,14H,1-2,4H2. The molecule has 86 valence electrons. The average molecular weight is 323 g/mol. The van der Waals surface area contributed by atoms with Crippen LogP contribution in [0.1, 0.15) is 11.3 Å². The first-order valence-electron chi connectivity index (χ1n) is 4.09. The topological polar surface area (TPSA) is 12.0 Å². The molecule has 0 aliphatic rings. The van der Waals surface area contributed by atoms with Crippen LogP contribution in [-0.2, 0) is 6.54 Å². The van der Waals surface area contributed by atoms with Gasteiger partial charge in [0.05, 0.1) is 6.42 Å². The molecule has 0 spiro atoms. The summed E-state index contributed by atoms with van der Waals surface area (Å²) in [4.78, 5) is 0.911. The first-order chi connectivity index (χ1) is 6.88. The molecule has 0 aromatic carbocycles. The van der Waals surface area contributed by atoms with Crippen molar-refractivity contribution in [3.8, 4) is 0 Å². The van der Waals surface area contributed by atoms with E-state index in [0.717, 1.165) is 9.35 Å². The lowest BCUT2D eigenvalue weighted by atomic mass is 10.4.